The lowest BCUT2D eigenvalue weighted by Crippen LogP contribution is -1.99. The molecule has 4 heteroatoms. The average Bonchev–Trinajstić information content (AvgIpc) is 2.93. The molecular formula is C14H16N4. The van der Waals surface area contributed by atoms with Crippen LogP contribution in [0.4, 0.5) is 0 Å². The number of benzene rings is 1. The fourth-order valence-electron chi connectivity index (χ4n) is 2.33. The van der Waals surface area contributed by atoms with E-state index >= 15 is 0 Å². The van der Waals surface area contributed by atoms with Crippen molar-refractivity contribution in [2.75, 3.05) is 0 Å². The summed E-state index contributed by atoms with van der Waals surface area (Å²) in [6.45, 7) is 2.52. The van der Waals surface area contributed by atoms with E-state index in [9.17, 15) is 0 Å². The molecule has 0 aliphatic rings. The molecule has 1 aromatic carbocycles. The molecule has 3 N–H and O–H groups in total. The van der Waals surface area contributed by atoms with Crippen molar-refractivity contribution in [1.82, 2.24) is 14.5 Å². The molecule has 3 aromatic rings. The van der Waals surface area contributed by atoms with Crippen LogP contribution in [-0.4, -0.2) is 14.5 Å². The molecule has 92 valence electrons. The monoisotopic (exact) mass is 240 g/mol. The number of nitrogens with zero attached hydrogens (tertiary/aromatic N) is 2. The van der Waals surface area contributed by atoms with Crippen molar-refractivity contribution in [2.45, 2.75) is 13.5 Å². The van der Waals surface area contributed by atoms with Crippen LogP contribution in [0.25, 0.3) is 22.3 Å². The molecule has 2 heterocycles. The first-order valence-electron chi connectivity index (χ1n) is 6.01. The van der Waals surface area contributed by atoms with Crippen molar-refractivity contribution in [2.24, 2.45) is 12.8 Å². The molecule has 4 nitrogen and oxygen atoms in total. The molecule has 0 aliphatic heterocycles. The zero-order valence-corrected chi connectivity index (χ0v) is 10.6. The minimum absolute atomic E-state index is 0.474. The Balaban J connectivity index is 2.26. The van der Waals surface area contributed by atoms with E-state index < -0.39 is 0 Å². The van der Waals surface area contributed by atoms with Gasteiger partial charge in [0.1, 0.15) is 5.82 Å². The van der Waals surface area contributed by atoms with E-state index in [4.69, 9.17) is 5.73 Å². The van der Waals surface area contributed by atoms with E-state index in [0.717, 1.165) is 28.3 Å². The highest BCUT2D eigenvalue weighted by molar-refractivity contribution is 5.93. The van der Waals surface area contributed by atoms with Crippen LogP contribution in [0.1, 0.15) is 11.4 Å². The van der Waals surface area contributed by atoms with Crippen LogP contribution in [0, 0.1) is 6.92 Å². The topological polar surface area (TPSA) is 59.6 Å². The van der Waals surface area contributed by atoms with Gasteiger partial charge in [-0.2, -0.15) is 0 Å². The number of H-pyrrole nitrogens is 1. The van der Waals surface area contributed by atoms with Gasteiger partial charge in [0.05, 0.1) is 5.69 Å². The maximum absolute atomic E-state index is 5.72. The van der Waals surface area contributed by atoms with Crippen LogP contribution in [-0.2, 0) is 13.6 Å². The van der Waals surface area contributed by atoms with E-state index in [1.54, 1.807) is 0 Å². The van der Waals surface area contributed by atoms with E-state index in [2.05, 4.69) is 26.7 Å². The number of hydrogen-bond donors (Lipinski definition) is 2. The van der Waals surface area contributed by atoms with Crippen molar-refractivity contribution in [1.29, 1.82) is 0 Å². The van der Waals surface area contributed by atoms with Crippen molar-refractivity contribution >= 4 is 10.9 Å². The summed E-state index contributed by atoms with van der Waals surface area (Å²) in [6.07, 6.45) is 2.01. The maximum Gasteiger partial charge on any atom is 0.142 e. The number of hydrogen-bond acceptors (Lipinski definition) is 2. The molecule has 0 saturated heterocycles. The molecule has 0 radical (unpaired) electrons. The Morgan fingerprint density at radius 2 is 2.11 bits per heavy atom. The first-order chi connectivity index (χ1) is 8.72. The normalized spacial score (nSPS) is 11.3. The summed E-state index contributed by atoms with van der Waals surface area (Å²) < 4.78 is 2.10. The lowest BCUT2D eigenvalue weighted by atomic mass is 10.1. The highest BCUT2D eigenvalue weighted by atomic mass is 15.1. The quantitative estimate of drug-likeness (QED) is 0.722. The second kappa shape index (κ2) is 3.99. The predicted molar refractivity (Wildman–Crippen MR) is 73.1 cm³/mol. The predicted octanol–water partition coefficient (Wildman–Crippen LogP) is 2.34. The van der Waals surface area contributed by atoms with Crippen LogP contribution < -0.4 is 5.73 Å². The lowest BCUT2D eigenvalue weighted by Gasteiger charge is -2.01. The van der Waals surface area contributed by atoms with Gasteiger partial charge in [0.2, 0.25) is 0 Å². The number of aromatic amines is 1. The van der Waals surface area contributed by atoms with Crippen LogP contribution in [0.5, 0.6) is 0 Å². The molecule has 18 heavy (non-hydrogen) atoms. The highest BCUT2D eigenvalue weighted by Crippen LogP contribution is 2.28. The fourth-order valence-corrected chi connectivity index (χ4v) is 2.33. The Bertz CT molecular complexity index is 706. The van der Waals surface area contributed by atoms with Gasteiger partial charge < -0.3 is 15.3 Å². The van der Waals surface area contributed by atoms with Crippen molar-refractivity contribution < 1.29 is 0 Å². The van der Waals surface area contributed by atoms with Gasteiger partial charge in [-0.05, 0) is 13.0 Å². The number of para-hydroxylation sites is 1. The zero-order chi connectivity index (χ0) is 12.7. The molecule has 0 unspecified atom stereocenters. The number of nitrogens with one attached hydrogen (secondary N) is 1. The summed E-state index contributed by atoms with van der Waals surface area (Å²) in [5.41, 5.74) is 10.0. The minimum Gasteiger partial charge on any atom is -0.360 e. The van der Waals surface area contributed by atoms with E-state index in [0.29, 0.717) is 6.54 Å². The largest absolute Gasteiger partial charge is 0.360 e. The van der Waals surface area contributed by atoms with Crippen LogP contribution in [0.15, 0.2) is 30.5 Å². The smallest absolute Gasteiger partial charge is 0.142 e. The standard InChI is InChI=1S/C14H16N4/c1-9-13(7-15)17-14(18(9)2)11-8-16-12-6-4-3-5-10(11)12/h3-6,8,16H,7,15H2,1-2H3. The van der Waals surface area contributed by atoms with Crippen molar-refractivity contribution in [3.63, 3.8) is 0 Å². The molecular weight excluding hydrogens is 224 g/mol. The van der Waals surface area contributed by atoms with Gasteiger partial charge in [-0.3, -0.25) is 0 Å². The molecule has 2 aromatic heterocycles. The van der Waals surface area contributed by atoms with Crippen LogP contribution >= 0.6 is 0 Å². The third-order valence-electron chi connectivity index (χ3n) is 3.50. The number of aromatic nitrogens is 3. The molecule has 0 amide bonds. The molecule has 0 saturated carbocycles. The van der Waals surface area contributed by atoms with Crippen LogP contribution in [0.3, 0.4) is 0 Å². The Morgan fingerprint density at radius 1 is 1.33 bits per heavy atom. The Hall–Kier alpha value is -2.07. The molecule has 3 rings (SSSR count). The van der Waals surface area contributed by atoms with Crippen LogP contribution in [0.2, 0.25) is 0 Å². The third-order valence-corrected chi connectivity index (χ3v) is 3.50. The molecule has 0 bridgehead atoms. The van der Waals surface area contributed by atoms with Gasteiger partial charge in [0.25, 0.3) is 0 Å². The molecule has 0 fully saturated rings. The van der Waals surface area contributed by atoms with E-state index in [1.807, 2.05) is 32.3 Å². The summed E-state index contributed by atoms with van der Waals surface area (Å²) >= 11 is 0. The summed E-state index contributed by atoms with van der Waals surface area (Å²) in [7, 11) is 2.03. The summed E-state index contributed by atoms with van der Waals surface area (Å²) in [6, 6.07) is 8.24. The van der Waals surface area contributed by atoms with Gasteiger partial charge in [0, 0.05) is 41.9 Å². The van der Waals surface area contributed by atoms with Crippen molar-refractivity contribution in [3.05, 3.63) is 41.9 Å². The number of imidazole rings is 1. The number of nitrogens with two attached hydrogens (primary N) is 1. The Labute approximate surface area is 105 Å². The number of rotatable bonds is 2. The minimum atomic E-state index is 0.474. The highest BCUT2D eigenvalue weighted by Gasteiger charge is 2.14. The van der Waals surface area contributed by atoms with Gasteiger partial charge >= 0.3 is 0 Å². The Kier molecular flexibility index (Phi) is 2.45. The second-order valence-electron chi connectivity index (χ2n) is 4.48. The summed E-state index contributed by atoms with van der Waals surface area (Å²) in [4.78, 5) is 7.91. The molecule has 0 atom stereocenters. The number of fused-ring (bicyclic) bond motifs is 1. The van der Waals surface area contributed by atoms with Gasteiger partial charge in [0.15, 0.2) is 0 Å². The molecule has 0 aliphatic carbocycles. The molecule has 0 spiro atoms. The lowest BCUT2D eigenvalue weighted by molar-refractivity contribution is 0.874. The third kappa shape index (κ3) is 1.46. The average molecular weight is 240 g/mol. The fraction of sp³-hybridized carbons (Fsp3) is 0.214. The Morgan fingerprint density at radius 3 is 2.83 bits per heavy atom. The van der Waals surface area contributed by atoms with E-state index in [1.165, 1.54) is 5.39 Å². The summed E-state index contributed by atoms with van der Waals surface area (Å²) in [5, 5.41) is 1.19. The first-order valence-corrected chi connectivity index (χ1v) is 6.01. The van der Waals surface area contributed by atoms with E-state index in [-0.39, 0.29) is 0 Å². The van der Waals surface area contributed by atoms with Gasteiger partial charge in [-0.1, -0.05) is 18.2 Å². The van der Waals surface area contributed by atoms with Gasteiger partial charge in [-0.25, -0.2) is 4.98 Å². The first kappa shape index (κ1) is 11.0. The zero-order valence-electron chi connectivity index (χ0n) is 10.6. The second-order valence-corrected chi connectivity index (χ2v) is 4.48. The summed E-state index contributed by atoms with van der Waals surface area (Å²) in [5.74, 6) is 0.963. The maximum atomic E-state index is 5.72. The SMILES string of the molecule is Cc1c(CN)nc(-c2c[nH]c3ccccc23)n1C. The van der Waals surface area contributed by atoms with Crippen molar-refractivity contribution in [3.8, 4) is 11.4 Å². The van der Waals surface area contributed by atoms with Gasteiger partial charge in [-0.15, -0.1) is 0 Å².